The van der Waals surface area contributed by atoms with Gasteiger partial charge in [0, 0.05) is 24.6 Å². The summed E-state index contributed by atoms with van der Waals surface area (Å²) in [7, 11) is 0. The van der Waals surface area contributed by atoms with Gasteiger partial charge in [0.1, 0.15) is 17.6 Å². The second kappa shape index (κ2) is 13.9. The molecular weight excluding hydrogens is 527 g/mol. The zero-order valence-corrected chi connectivity index (χ0v) is 23.6. The number of halogens is 1. The maximum absolute atomic E-state index is 14.5. The van der Waals surface area contributed by atoms with Crippen molar-refractivity contribution in [3.8, 4) is 5.75 Å². The lowest BCUT2D eigenvalue weighted by Gasteiger charge is -2.29. The van der Waals surface area contributed by atoms with Crippen LogP contribution in [-0.4, -0.2) is 54.2 Å². The predicted octanol–water partition coefficient (Wildman–Crippen LogP) is 2.37. The van der Waals surface area contributed by atoms with Crippen molar-refractivity contribution in [3.63, 3.8) is 0 Å². The summed E-state index contributed by atoms with van der Waals surface area (Å²) in [6, 6.07) is 10.7. The number of hydrogen-bond donors (Lipinski definition) is 5. The molecular formula is C31H41FN4O5. The third-order valence-corrected chi connectivity index (χ3v) is 7.84. The highest BCUT2D eigenvalue weighted by atomic mass is 19.1. The van der Waals surface area contributed by atoms with Crippen LogP contribution in [0.15, 0.2) is 42.5 Å². The van der Waals surface area contributed by atoms with Crippen LogP contribution < -0.4 is 26.4 Å². The van der Waals surface area contributed by atoms with E-state index in [9.17, 15) is 23.9 Å². The Kier molecular flexibility index (Phi) is 10.3. The van der Waals surface area contributed by atoms with Gasteiger partial charge in [-0.25, -0.2) is 4.39 Å². The van der Waals surface area contributed by atoms with E-state index in [2.05, 4.69) is 41.1 Å². The number of rotatable bonds is 8. The van der Waals surface area contributed by atoms with E-state index in [0.717, 1.165) is 24.8 Å². The van der Waals surface area contributed by atoms with Gasteiger partial charge in [0.15, 0.2) is 0 Å². The monoisotopic (exact) mass is 568 g/mol. The van der Waals surface area contributed by atoms with Crippen LogP contribution in [0, 0.1) is 5.82 Å². The van der Waals surface area contributed by atoms with Gasteiger partial charge in [0.05, 0.1) is 25.2 Å². The van der Waals surface area contributed by atoms with Gasteiger partial charge >= 0.3 is 0 Å². The Labute approximate surface area is 240 Å². The van der Waals surface area contributed by atoms with Crippen molar-refractivity contribution >= 4 is 17.7 Å². The highest BCUT2D eigenvalue weighted by molar-refractivity contribution is 5.91. The number of primary amides is 1. The molecule has 4 rings (SSSR count). The van der Waals surface area contributed by atoms with Gasteiger partial charge < -0.3 is 31.5 Å². The Morgan fingerprint density at radius 3 is 2.71 bits per heavy atom. The lowest BCUT2D eigenvalue weighted by molar-refractivity contribution is -0.132. The maximum atomic E-state index is 14.5. The Balaban J connectivity index is 1.56. The minimum Gasteiger partial charge on any atom is -0.493 e. The Morgan fingerprint density at radius 1 is 1.17 bits per heavy atom. The summed E-state index contributed by atoms with van der Waals surface area (Å²) in [6.07, 6.45) is 3.50. The molecule has 0 saturated heterocycles. The molecule has 2 bridgehead atoms. The molecule has 0 spiro atoms. The normalized spacial score (nSPS) is 22.1. The van der Waals surface area contributed by atoms with Crippen molar-refractivity contribution in [1.29, 1.82) is 0 Å². The zero-order chi connectivity index (χ0) is 29.4. The molecule has 2 aliphatic rings. The number of carbonyl (C=O) groups is 3. The average molecular weight is 569 g/mol. The molecule has 1 fully saturated rings. The number of carbonyl (C=O) groups excluding carboxylic acids is 3. The summed E-state index contributed by atoms with van der Waals surface area (Å²) < 4.78 is 20.3. The Hall–Kier alpha value is -3.50. The first-order valence-electron chi connectivity index (χ1n) is 14.5. The van der Waals surface area contributed by atoms with Crippen LogP contribution in [0.2, 0.25) is 0 Å². The molecule has 2 aromatic rings. The van der Waals surface area contributed by atoms with Crippen molar-refractivity contribution in [1.82, 2.24) is 16.0 Å². The number of aliphatic hydroxyl groups is 1. The van der Waals surface area contributed by atoms with E-state index in [1.54, 1.807) is 6.07 Å². The maximum Gasteiger partial charge on any atom is 0.243 e. The topological polar surface area (TPSA) is 143 Å². The van der Waals surface area contributed by atoms with Crippen molar-refractivity contribution in [2.75, 3.05) is 13.2 Å². The first kappa shape index (κ1) is 30.5. The Bertz CT molecular complexity index is 1230. The van der Waals surface area contributed by atoms with E-state index in [1.165, 1.54) is 17.7 Å². The van der Waals surface area contributed by atoms with E-state index in [4.69, 9.17) is 10.5 Å². The molecule has 0 aromatic heterocycles. The predicted molar refractivity (Wildman–Crippen MR) is 152 cm³/mol. The van der Waals surface area contributed by atoms with Gasteiger partial charge in [-0.2, -0.15) is 0 Å². The molecule has 41 heavy (non-hydrogen) atoms. The van der Waals surface area contributed by atoms with Crippen molar-refractivity contribution in [2.45, 2.75) is 88.4 Å². The Morgan fingerprint density at radius 2 is 1.98 bits per heavy atom. The van der Waals surface area contributed by atoms with Crippen LogP contribution in [0.1, 0.15) is 68.6 Å². The minimum atomic E-state index is -1.19. The van der Waals surface area contributed by atoms with Crippen LogP contribution >= 0.6 is 0 Å². The first-order valence-corrected chi connectivity index (χ1v) is 14.5. The van der Waals surface area contributed by atoms with Crippen molar-refractivity contribution < 1.29 is 28.6 Å². The zero-order valence-electron chi connectivity index (χ0n) is 23.6. The van der Waals surface area contributed by atoms with Gasteiger partial charge in [-0.1, -0.05) is 31.2 Å². The summed E-state index contributed by atoms with van der Waals surface area (Å²) in [6.45, 7) is 2.63. The van der Waals surface area contributed by atoms with Crippen LogP contribution in [-0.2, 0) is 32.8 Å². The van der Waals surface area contributed by atoms with Crippen molar-refractivity contribution in [3.05, 3.63) is 65.0 Å². The number of nitrogens with one attached hydrogen (secondary N) is 3. The van der Waals surface area contributed by atoms with Gasteiger partial charge in [-0.3, -0.25) is 14.4 Å². The van der Waals surface area contributed by atoms with E-state index < -0.39 is 35.8 Å². The van der Waals surface area contributed by atoms with E-state index in [-0.39, 0.29) is 37.3 Å². The third-order valence-electron chi connectivity index (χ3n) is 7.84. The average Bonchev–Trinajstić information content (AvgIpc) is 3.73. The fourth-order valence-electron chi connectivity index (χ4n) is 5.30. The van der Waals surface area contributed by atoms with E-state index in [1.807, 2.05) is 6.07 Å². The fraction of sp³-hybridized carbons (Fsp3) is 0.516. The molecule has 9 nitrogen and oxygen atoms in total. The standard InChI is InChI=1S/C31H41FN4O5/c1-2-20-7-6-8-22(13-20)31(10-11-31)34-19-27(37)25-16-21-14-23(32)17-24(15-21)41-12-5-3-4-9-29(39)35-26(18-28(33)38)30(40)36-25/h6-8,13-15,17,25-27,34,37H,2-5,9-12,16,18-19H2,1H3,(H2,33,38)(H,35,39)(H,36,40)/t25-,26-,27+/m0/s1. The molecule has 0 radical (unpaired) electrons. The molecule has 0 unspecified atom stereocenters. The quantitative estimate of drug-likeness (QED) is 0.331. The first-order chi connectivity index (χ1) is 19.7. The molecule has 6 N–H and O–H groups in total. The van der Waals surface area contributed by atoms with Crippen LogP contribution in [0.5, 0.6) is 5.75 Å². The number of hydrogen-bond acceptors (Lipinski definition) is 6. The van der Waals surface area contributed by atoms with Crippen molar-refractivity contribution in [2.24, 2.45) is 5.73 Å². The molecule has 1 aliphatic heterocycles. The second-order valence-corrected chi connectivity index (χ2v) is 11.1. The van der Waals surface area contributed by atoms with Crippen LogP contribution in [0.4, 0.5) is 4.39 Å². The van der Waals surface area contributed by atoms with Crippen LogP contribution in [0.25, 0.3) is 0 Å². The summed E-state index contributed by atoms with van der Waals surface area (Å²) in [5, 5.41) is 20.3. The van der Waals surface area contributed by atoms with Gasteiger partial charge in [-0.15, -0.1) is 0 Å². The lowest BCUT2D eigenvalue weighted by Crippen LogP contribution is -2.56. The number of nitrogens with two attached hydrogens (primary N) is 1. The van der Waals surface area contributed by atoms with Gasteiger partial charge in [0.25, 0.3) is 0 Å². The molecule has 10 heteroatoms. The summed E-state index contributed by atoms with van der Waals surface area (Å²) in [4.78, 5) is 37.6. The van der Waals surface area contributed by atoms with Gasteiger partial charge in [-0.05, 0) is 73.8 Å². The number of benzene rings is 2. The minimum absolute atomic E-state index is 0.0955. The summed E-state index contributed by atoms with van der Waals surface area (Å²) in [5.74, 6) is -1.87. The molecule has 1 heterocycles. The summed E-state index contributed by atoms with van der Waals surface area (Å²) in [5.41, 5.74) is 8.04. The third kappa shape index (κ3) is 8.74. The van der Waals surface area contributed by atoms with Gasteiger partial charge in [0.2, 0.25) is 17.7 Å². The number of aryl methyl sites for hydroxylation is 1. The molecule has 1 saturated carbocycles. The number of amides is 3. The molecule has 2 aromatic carbocycles. The highest BCUT2D eigenvalue weighted by Gasteiger charge is 2.44. The largest absolute Gasteiger partial charge is 0.493 e. The number of aliphatic hydroxyl groups excluding tert-OH is 1. The smallest absolute Gasteiger partial charge is 0.243 e. The second-order valence-electron chi connectivity index (χ2n) is 11.1. The number of ether oxygens (including phenoxy) is 1. The van der Waals surface area contributed by atoms with E-state index in [0.29, 0.717) is 37.2 Å². The summed E-state index contributed by atoms with van der Waals surface area (Å²) >= 11 is 0. The SMILES string of the molecule is CCc1cccc(C2(NC[C@@H](O)[C@@H]3Cc4cc(F)cc(c4)OCCCCCC(=O)N[C@@H](CC(N)=O)C(=O)N3)CC2)c1. The molecule has 1 aliphatic carbocycles. The lowest BCUT2D eigenvalue weighted by atomic mass is 9.98. The molecule has 3 amide bonds. The highest BCUT2D eigenvalue weighted by Crippen LogP contribution is 2.45. The molecule has 222 valence electrons. The number of fused-ring (bicyclic) bond motifs is 2. The van der Waals surface area contributed by atoms with E-state index >= 15 is 0 Å². The van der Waals surface area contributed by atoms with Crippen LogP contribution in [0.3, 0.4) is 0 Å². The molecule has 3 atom stereocenters. The fourth-order valence-corrected chi connectivity index (χ4v) is 5.30.